The molecule has 2 aromatic rings. The van der Waals surface area contributed by atoms with Gasteiger partial charge in [0.05, 0.1) is 0 Å². The minimum Gasteiger partial charge on any atom is -0.381 e. The van der Waals surface area contributed by atoms with E-state index in [1.54, 1.807) is 6.07 Å². The second-order valence-corrected chi connectivity index (χ2v) is 4.89. The topological polar surface area (TPSA) is 12.0 Å². The Balaban J connectivity index is 2.07. The quantitative estimate of drug-likeness (QED) is 0.853. The van der Waals surface area contributed by atoms with E-state index in [9.17, 15) is 4.39 Å². The van der Waals surface area contributed by atoms with Crippen molar-refractivity contribution in [1.29, 1.82) is 0 Å². The number of rotatable bonds is 3. The number of hydrogen-bond acceptors (Lipinski definition) is 1. The molecule has 2 rings (SSSR count). The molecule has 1 N–H and O–H groups in total. The molecule has 0 atom stereocenters. The predicted octanol–water partition coefficient (Wildman–Crippen LogP) is 4.85. The van der Waals surface area contributed by atoms with Gasteiger partial charge in [-0.3, -0.25) is 0 Å². The van der Waals surface area contributed by atoms with Crippen LogP contribution in [0.25, 0.3) is 0 Å². The third-order valence-electron chi connectivity index (χ3n) is 2.33. The number of hydrogen-bond donors (Lipinski definition) is 1. The van der Waals surface area contributed by atoms with Crippen molar-refractivity contribution in [3.8, 4) is 0 Å². The summed E-state index contributed by atoms with van der Waals surface area (Å²) in [5, 5.41) is 3.90. The van der Waals surface area contributed by atoms with Crippen molar-refractivity contribution in [1.82, 2.24) is 0 Å². The third-order valence-corrected chi connectivity index (χ3v) is 3.36. The van der Waals surface area contributed by atoms with Crippen LogP contribution in [0, 0.1) is 5.82 Å². The molecule has 0 aliphatic rings. The standard InChI is InChI=1S/C13H10BrClFN/c14-13-6-3-11(16)7-9(13)8-17-12-4-1-10(15)2-5-12/h1-7,17H,8H2. The largest absolute Gasteiger partial charge is 0.381 e. The van der Waals surface area contributed by atoms with Gasteiger partial charge in [-0.1, -0.05) is 27.5 Å². The van der Waals surface area contributed by atoms with E-state index >= 15 is 0 Å². The molecule has 17 heavy (non-hydrogen) atoms. The van der Waals surface area contributed by atoms with Crippen molar-refractivity contribution in [2.75, 3.05) is 5.32 Å². The summed E-state index contributed by atoms with van der Waals surface area (Å²) in [5.74, 6) is -0.235. The Bertz CT molecular complexity index is 513. The molecule has 0 spiro atoms. The molecule has 0 aliphatic carbocycles. The molecule has 0 amide bonds. The highest BCUT2D eigenvalue weighted by atomic mass is 79.9. The third kappa shape index (κ3) is 3.45. The molecule has 0 bridgehead atoms. The average molecular weight is 315 g/mol. The Hall–Kier alpha value is -1.06. The van der Waals surface area contributed by atoms with Gasteiger partial charge in [0.1, 0.15) is 5.82 Å². The highest BCUT2D eigenvalue weighted by Crippen LogP contribution is 2.20. The smallest absolute Gasteiger partial charge is 0.123 e. The maximum atomic E-state index is 13.1. The summed E-state index contributed by atoms with van der Waals surface area (Å²) < 4.78 is 13.9. The van der Waals surface area contributed by atoms with Gasteiger partial charge < -0.3 is 5.32 Å². The molecule has 0 aliphatic heterocycles. The molecule has 4 heteroatoms. The molecule has 88 valence electrons. The van der Waals surface area contributed by atoms with E-state index < -0.39 is 0 Å². The van der Waals surface area contributed by atoms with Crippen molar-refractivity contribution in [2.24, 2.45) is 0 Å². The normalized spacial score (nSPS) is 10.3. The van der Waals surface area contributed by atoms with E-state index in [2.05, 4.69) is 21.2 Å². The maximum absolute atomic E-state index is 13.1. The van der Waals surface area contributed by atoms with Crippen molar-refractivity contribution in [3.05, 3.63) is 63.3 Å². The van der Waals surface area contributed by atoms with Crippen LogP contribution in [0.4, 0.5) is 10.1 Å². The van der Waals surface area contributed by atoms with Crippen molar-refractivity contribution < 1.29 is 4.39 Å². The monoisotopic (exact) mass is 313 g/mol. The minimum atomic E-state index is -0.235. The van der Waals surface area contributed by atoms with Crippen LogP contribution in [-0.4, -0.2) is 0 Å². The lowest BCUT2D eigenvalue weighted by Crippen LogP contribution is -2.00. The van der Waals surface area contributed by atoms with Gasteiger partial charge in [0.15, 0.2) is 0 Å². The van der Waals surface area contributed by atoms with Crippen LogP contribution >= 0.6 is 27.5 Å². The van der Waals surface area contributed by atoms with Gasteiger partial charge in [-0.2, -0.15) is 0 Å². The van der Waals surface area contributed by atoms with Crippen LogP contribution in [0.1, 0.15) is 5.56 Å². The Morgan fingerprint density at radius 2 is 1.82 bits per heavy atom. The maximum Gasteiger partial charge on any atom is 0.123 e. The number of benzene rings is 2. The van der Waals surface area contributed by atoms with Crippen LogP contribution in [-0.2, 0) is 6.54 Å². The molecule has 0 radical (unpaired) electrons. The highest BCUT2D eigenvalue weighted by Gasteiger charge is 2.01. The predicted molar refractivity (Wildman–Crippen MR) is 72.9 cm³/mol. The minimum absolute atomic E-state index is 0.235. The second kappa shape index (κ2) is 5.52. The first-order valence-corrected chi connectivity index (χ1v) is 6.25. The van der Waals surface area contributed by atoms with E-state index in [4.69, 9.17) is 11.6 Å². The Morgan fingerprint density at radius 1 is 1.12 bits per heavy atom. The van der Waals surface area contributed by atoms with E-state index in [0.29, 0.717) is 11.6 Å². The van der Waals surface area contributed by atoms with Crippen molar-refractivity contribution in [2.45, 2.75) is 6.54 Å². The van der Waals surface area contributed by atoms with Crippen molar-refractivity contribution >= 4 is 33.2 Å². The fraction of sp³-hybridized carbons (Fsp3) is 0.0769. The summed E-state index contributed by atoms with van der Waals surface area (Å²) in [5.41, 5.74) is 1.82. The molecular formula is C13H10BrClFN. The summed E-state index contributed by atoms with van der Waals surface area (Å²) in [6.45, 7) is 0.556. The van der Waals surface area contributed by atoms with Crippen LogP contribution in [0.3, 0.4) is 0 Å². The number of anilines is 1. The molecule has 0 aromatic heterocycles. The molecular weight excluding hydrogens is 305 g/mol. The van der Waals surface area contributed by atoms with Gasteiger partial charge >= 0.3 is 0 Å². The summed E-state index contributed by atoms with van der Waals surface area (Å²) in [4.78, 5) is 0. The molecule has 0 saturated carbocycles. The lowest BCUT2D eigenvalue weighted by Gasteiger charge is -2.08. The molecule has 1 nitrogen and oxygen atoms in total. The van der Waals surface area contributed by atoms with E-state index in [0.717, 1.165) is 15.7 Å². The fourth-order valence-corrected chi connectivity index (χ4v) is 1.96. The first-order valence-electron chi connectivity index (χ1n) is 5.08. The Kier molecular flexibility index (Phi) is 4.02. The Labute approximate surface area is 113 Å². The molecule has 0 heterocycles. The lowest BCUT2D eigenvalue weighted by molar-refractivity contribution is 0.625. The first kappa shape index (κ1) is 12.4. The first-order chi connectivity index (χ1) is 8.15. The molecule has 0 saturated heterocycles. The Morgan fingerprint density at radius 3 is 2.53 bits per heavy atom. The van der Waals surface area contributed by atoms with Gasteiger partial charge in [0.25, 0.3) is 0 Å². The lowest BCUT2D eigenvalue weighted by atomic mass is 10.2. The van der Waals surface area contributed by atoms with Gasteiger partial charge in [0.2, 0.25) is 0 Å². The summed E-state index contributed by atoms with van der Waals surface area (Å²) in [6, 6.07) is 12.0. The van der Waals surface area contributed by atoms with Gasteiger partial charge in [0, 0.05) is 21.7 Å². The molecule has 2 aromatic carbocycles. The van der Waals surface area contributed by atoms with Crippen LogP contribution in [0.2, 0.25) is 5.02 Å². The zero-order valence-corrected chi connectivity index (χ0v) is 11.2. The van der Waals surface area contributed by atoms with Crippen molar-refractivity contribution in [3.63, 3.8) is 0 Å². The zero-order chi connectivity index (χ0) is 12.3. The second-order valence-electron chi connectivity index (χ2n) is 3.60. The van der Waals surface area contributed by atoms with E-state index in [1.807, 2.05) is 24.3 Å². The van der Waals surface area contributed by atoms with E-state index in [-0.39, 0.29) is 5.82 Å². The number of nitrogens with one attached hydrogen (secondary N) is 1. The van der Waals surface area contributed by atoms with E-state index in [1.165, 1.54) is 12.1 Å². The zero-order valence-electron chi connectivity index (χ0n) is 8.88. The summed E-state index contributed by atoms with van der Waals surface area (Å²) in [7, 11) is 0. The summed E-state index contributed by atoms with van der Waals surface area (Å²) >= 11 is 9.18. The molecule has 0 fully saturated rings. The van der Waals surface area contributed by atoms with Crippen LogP contribution in [0.15, 0.2) is 46.9 Å². The number of halogens is 3. The van der Waals surface area contributed by atoms with Crippen LogP contribution < -0.4 is 5.32 Å². The SMILES string of the molecule is Fc1ccc(Br)c(CNc2ccc(Cl)cc2)c1. The van der Waals surface area contributed by atoms with Gasteiger partial charge in [-0.05, 0) is 48.0 Å². The van der Waals surface area contributed by atoms with Gasteiger partial charge in [-0.25, -0.2) is 4.39 Å². The molecule has 0 unspecified atom stereocenters. The van der Waals surface area contributed by atoms with Crippen LogP contribution in [0.5, 0.6) is 0 Å². The average Bonchev–Trinajstić information content (AvgIpc) is 2.32. The highest BCUT2D eigenvalue weighted by molar-refractivity contribution is 9.10. The fourth-order valence-electron chi connectivity index (χ4n) is 1.44. The summed E-state index contributed by atoms with van der Waals surface area (Å²) in [6.07, 6.45) is 0. The van der Waals surface area contributed by atoms with Gasteiger partial charge in [-0.15, -0.1) is 0 Å².